The van der Waals surface area contributed by atoms with E-state index in [-0.39, 0.29) is 5.91 Å². The minimum Gasteiger partial charge on any atom is -0.497 e. The first-order chi connectivity index (χ1) is 12.4. The van der Waals surface area contributed by atoms with Gasteiger partial charge in [-0.3, -0.25) is 4.79 Å². The highest BCUT2D eigenvalue weighted by Gasteiger charge is 2.20. The fraction of sp³-hybridized carbons (Fsp3) is 0.316. The molecule has 140 valence electrons. The standard InChI is InChI=1S/C19H22INO5/c1-21(11-12-6-7-13(23-2)8-16(12)24-3)19(22)14-9-17(25-4)18(26-5)10-15(14)20/h6-10H,11H2,1-5H3. The van der Waals surface area contributed by atoms with Crippen LogP contribution in [0.4, 0.5) is 0 Å². The molecule has 2 rings (SSSR count). The molecular formula is C19H22INO5. The Labute approximate surface area is 167 Å². The maximum atomic E-state index is 12.9. The van der Waals surface area contributed by atoms with Crippen LogP contribution >= 0.6 is 22.6 Å². The first-order valence-corrected chi connectivity index (χ1v) is 8.90. The molecule has 1 amide bonds. The summed E-state index contributed by atoms with van der Waals surface area (Å²) in [6.45, 7) is 0.399. The lowest BCUT2D eigenvalue weighted by molar-refractivity contribution is 0.0782. The summed E-state index contributed by atoms with van der Waals surface area (Å²) in [7, 11) is 8.06. The number of carbonyl (C=O) groups is 1. The Kier molecular flexibility index (Phi) is 6.96. The van der Waals surface area contributed by atoms with Crippen LogP contribution in [0.2, 0.25) is 0 Å². The van der Waals surface area contributed by atoms with Gasteiger partial charge in [-0.25, -0.2) is 0 Å². The van der Waals surface area contributed by atoms with Gasteiger partial charge >= 0.3 is 0 Å². The van der Waals surface area contributed by atoms with Gasteiger partial charge in [-0.15, -0.1) is 0 Å². The molecule has 2 aromatic carbocycles. The van der Waals surface area contributed by atoms with Crippen LogP contribution < -0.4 is 18.9 Å². The molecule has 0 spiro atoms. The molecule has 0 atom stereocenters. The van der Waals surface area contributed by atoms with Gasteiger partial charge < -0.3 is 23.8 Å². The summed E-state index contributed by atoms with van der Waals surface area (Å²) in [4.78, 5) is 14.6. The number of carbonyl (C=O) groups excluding carboxylic acids is 1. The van der Waals surface area contributed by atoms with Crippen LogP contribution in [0.1, 0.15) is 15.9 Å². The van der Waals surface area contributed by atoms with Crippen molar-refractivity contribution in [3.63, 3.8) is 0 Å². The molecule has 0 aromatic heterocycles. The summed E-state index contributed by atoms with van der Waals surface area (Å²) in [5.74, 6) is 2.37. The van der Waals surface area contributed by atoms with E-state index in [1.165, 1.54) is 0 Å². The second-order valence-electron chi connectivity index (χ2n) is 5.53. The van der Waals surface area contributed by atoms with Crippen LogP contribution in [0.5, 0.6) is 23.0 Å². The molecule has 0 saturated heterocycles. The molecule has 0 unspecified atom stereocenters. The van der Waals surface area contributed by atoms with Gasteiger partial charge in [-0.05, 0) is 46.9 Å². The van der Waals surface area contributed by atoms with Crippen LogP contribution in [0.25, 0.3) is 0 Å². The number of methoxy groups -OCH3 is 4. The Bertz CT molecular complexity index is 794. The molecule has 0 saturated carbocycles. The molecule has 0 N–H and O–H groups in total. The van der Waals surface area contributed by atoms with Gasteiger partial charge in [0.1, 0.15) is 11.5 Å². The Hall–Kier alpha value is -2.16. The third kappa shape index (κ3) is 4.32. The number of halogens is 1. The van der Waals surface area contributed by atoms with Gasteiger partial charge in [0, 0.05) is 28.8 Å². The van der Waals surface area contributed by atoms with Gasteiger partial charge in [-0.2, -0.15) is 0 Å². The molecule has 7 heteroatoms. The van der Waals surface area contributed by atoms with Crippen molar-refractivity contribution in [1.82, 2.24) is 4.90 Å². The van der Waals surface area contributed by atoms with Crippen molar-refractivity contribution in [2.75, 3.05) is 35.5 Å². The Balaban J connectivity index is 2.28. The molecule has 0 radical (unpaired) electrons. The van der Waals surface area contributed by atoms with E-state index in [0.717, 1.165) is 9.13 Å². The SMILES string of the molecule is COc1ccc(CN(C)C(=O)c2cc(OC)c(OC)cc2I)c(OC)c1. The maximum absolute atomic E-state index is 12.9. The van der Waals surface area contributed by atoms with E-state index in [2.05, 4.69) is 22.6 Å². The highest BCUT2D eigenvalue weighted by Crippen LogP contribution is 2.32. The molecule has 0 aliphatic heterocycles. The Morgan fingerprint density at radius 1 is 0.923 bits per heavy atom. The first-order valence-electron chi connectivity index (χ1n) is 7.83. The van der Waals surface area contributed by atoms with Crippen LogP contribution in [-0.4, -0.2) is 46.3 Å². The highest BCUT2D eigenvalue weighted by atomic mass is 127. The molecule has 2 aromatic rings. The number of benzene rings is 2. The van der Waals surface area contributed by atoms with E-state index in [1.807, 2.05) is 12.1 Å². The molecule has 26 heavy (non-hydrogen) atoms. The van der Waals surface area contributed by atoms with E-state index in [1.54, 1.807) is 58.6 Å². The van der Waals surface area contributed by atoms with Crippen molar-refractivity contribution in [1.29, 1.82) is 0 Å². The molecule has 0 fully saturated rings. The van der Waals surface area contributed by atoms with Crippen molar-refractivity contribution >= 4 is 28.5 Å². The fourth-order valence-electron chi connectivity index (χ4n) is 2.53. The smallest absolute Gasteiger partial charge is 0.255 e. The Morgan fingerprint density at radius 3 is 2.12 bits per heavy atom. The molecule has 0 bridgehead atoms. The second-order valence-corrected chi connectivity index (χ2v) is 6.69. The van der Waals surface area contributed by atoms with E-state index in [9.17, 15) is 4.79 Å². The number of amides is 1. The van der Waals surface area contributed by atoms with Gasteiger partial charge in [0.15, 0.2) is 11.5 Å². The van der Waals surface area contributed by atoms with Crippen molar-refractivity contribution < 1.29 is 23.7 Å². The van der Waals surface area contributed by atoms with Crippen LogP contribution in [0.15, 0.2) is 30.3 Å². The van der Waals surface area contributed by atoms with Gasteiger partial charge in [0.25, 0.3) is 5.91 Å². The van der Waals surface area contributed by atoms with Crippen LogP contribution in [0, 0.1) is 3.57 Å². The minimum absolute atomic E-state index is 0.117. The van der Waals surface area contributed by atoms with E-state index in [0.29, 0.717) is 35.1 Å². The predicted molar refractivity (Wildman–Crippen MR) is 108 cm³/mol. The zero-order chi connectivity index (χ0) is 19.3. The summed E-state index contributed by atoms with van der Waals surface area (Å²) < 4.78 is 22.0. The summed E-state index contributed by atoms with van der Waals surface area (Å²) in [6.07, 6.45) is 0. The molecule has 0 aliphatic carbocycles. The van der Waals surface area contributed by atoms with Gasteiger partial charge in [0.2, 0.25) is 0 Å². The lowest BCUT2D eigenvalue weighted by Crippen LogP contribution is -2.27. The number of hydrogen-bond acceptors (Lipinski definition) is 5. The fourth-order valence-corrected chi connectivity index (χ4v) is 3.20. The molecular weight excluding hydrogens is 449 g/mol. The van der Waals surface area contributed by atoms with Gasteiger partial charge in [0.05, 0.1) is 34.0 Å². The zero-order valence-electron chi connectivity index (χ0n) is 15.5. The normalized spacial score (nSPS) is 10.2. The molecule has 0 aliphatic rings. The average molecular weight is 471 g/mol. The third-order valence-corrected chi connectivity index (χ3v) is 4.84. The lowest BCUT2D eigenvalue weighted by atomic mass is 10.1. The van der Waals surface area contributed by atoms with Crippen molar-refractivity contribution in [3.05, 3.63) is 45.0 Å². The minimum atomic E-state index is -0.117. The third-order valence-electron chi connectivity index (χ3n) is 3.95. The van der Waals surface area contributed by atoms with Crippen LogP contribution in [0.3, 0.4) is 0 Å². The monoisotopic (exact) mass is 471 g/mol. The van der Waals surface area contributed by atoms with E-state index in [4.69, 9.17) is 18.9 Å². The van der Waals surface area contributed by atoms with Crippen LogP contribution in [-0.2, 0) is 6.54 Å². The summed E-state index contributed by atoms with van der Waals surface area (Å²) in [5, 5.41) is 0. The number of ether oxygens (including phenoxy) is 4. The maximum Gasteiger partial charge on any atom is 0.255 e. The van der Waals surface area contributed by atoms with Crippen molar-refractivity contribution in [3.8, 4) is 23.0 Å². The number of nitrogens with zero attached hydrogens (tertiary/aromatic N) is 1. The van der Waals surface area contributed by atoms with Crippen molar-refractivity contribution in [2.24, 2.45) is 0 Å². The second kappa shape index (κ2) is 8.98. The topological polar surface area (TPSA) is 57.2 Å². The molecule has 6 nitrogen and oxygen atoms in total. The summed E-state index contributed by atoms with van der Waals surface area (Å²) in [6, 6.07) is 9.02. The lowest BCUT2D eigenvalue weighted by Gasteiger charge is -2.21. The largest absolute Gasteiger partial charge is 0.497 e. The first kappa shape index (κ1) is 20.2. The predicted octanol–water partition coefficient (Wildman–Crippen LogP) is 3.60. The summed E-state index contributed by atoms with van der Waals surface area (Å²) in [5.41, 5.74) is 1.44. The number of rotatable bonds is 7. The van der Waals surface area contributed by atoms with E-state index < -0.39 is 0 Å². The average Bonchev–Trinajstić information content (AvgIpc) is 2.67. The zero-order valence-corrected chi connectivity index (χ0v) is 17.6. The van der Waals surface area contributed by atoms with Crippen molar-refractivity contribution in [2.45, 2.75) is 6.54 Å². The van der Waals surface area contributed by atoms with E-state index >= 15 is 0 Å². The summed E-state index contributed by atoms with van der Waals surface area (Å²) >= 11 is 2.12. The quantitative estimate of drug-likeness (QED) is 0.578. The van der Waals surface area contributed by atoms with Gasteiger partial charge in [-0.1, -0.05) is 0 Å². The molecule has 0 heterocycles. The Morgan fingerprint density at radius 2 is 1.54 bits per heavy atom. The highest BCUT2D eigenvalue weighted by molar-refractivity contribution is 14.1. The number of hydrogen-bond donors (Lipinski definition) is 0.